The molecule has 1 saturated heterocycles. The number of rotatable bonds is 4. The molecule has 0 radical (unpaired) electrons. The molecule has 2 aromatic rings. The standard InChI is InChI=1S/C18H15ClN4O3/c1-26-13-8-6-12(7-9-13)23-17(24)15-16(18(23)25)22(21-20-15)10-11-4-2-3-5-14(11)19/h2-9,15-16H,10H2,1H3/t15-,16+/m0/s1. The van der Waals surface area contributed by atoms with Crippen LogP contribution in [0.4, 0.5) is 5.69 Å². The van der Waals surface area contributed by atoms with Gasteiger partial charge in [-0.05, 0) is 35.9 Å². The number of hydrogen-bond acceptors (Lipinski definition) is 6. The number of carbonyl (C=O) groups is 2. The predicted octanol–water partition coefficient (Wildman–Crippen LogP) is 2.84. The number of imide groups is 1. The van der Waals surface area contributed by atoms with Crippen molar-refractivity contribution in [1.29, 1.82) is 0 Å². The summed E-state index contributed by atoms with van der Waals surface area (Å²) in [5, 5.41) is 10.1. The van der Waals surface area contributed by atoms with Gasteiger partial charge in [0, 0.05) is 5.02 Å². The summed E-state index contributed by atoms with van der Waals surface area (Å²) >= 11 is 6.19. The van der Waals surface area contributed by atoms with E-state index in [-0.39, 0.29) is 11.8 Å². The molecule has 2 aromatic carbocycles. The van der Waals surface area contributed by atoms with Crippen LogP contribution in [0.2, 0.25) is 5.02 Å². The van der Waals surface area contributed by atoms with E-state index >= 15 is 0 Å². The van der Waals surface area contributed by atoms with Crippen molar-refractivity contribution in [1.82, 2.24) is 5.01 Å². The Morgan fingerprint density at radius 3 is 2.50 bits per heavy atom. The highest BCUT2D eigenvalue weighted by Crippen LogP contribution is 2.34. The molecule has 2 heterocycles. The molecule has 2 aliphatic rings. The minimum absolute atomic E-state index is 0.305. The first-order valence-corrected chi connectivity index (χ1v) is 8.40. The Morgan fingerprint density at radius 2 is 1.81 bits per heavy atom. The maximum atomic E-state index is 12.9. The lowest BCUT2D eigenvalue weighted by molar-refractivity contribution is -0.123. The van der Waals surface area contributed by atoms with E-state index in [9.17, 15) is 9.59 Å². The van der Waals surface area contributed by atoms with Gasteiger partial charge in [-0.3, -0.25) is 14.6 Å². The zero-order chi connectivity index (χ0) is 18.3. The van der Waals surface area contributed by atoms with E-state index in [0.29, 0.717) is 23.0 Å². The first-order valence-electron chi connectivity index (χ1n) is 8.03. The molecule has 2 aliphatic heterocycles. The molecule has 2 amide bonds. The number of benzene rings is 2. The Morgan fingerprint density at radius 1 is 1.08 bits per heavy atom. The summed E-state index contributed by atoms with van der Waals surface area (Å²) in [7, 11) is 1.55. The van der Waals surface area contributed by atoms with E-state index in [1.165, 1.54) is 5.01 Å². The zero-order valence-electron chi connectivity index (χ0n) is 13.9. The molecule has 8 heteroatoms. The molecular weight excluding hydrogens is 356 g/mol. The minimum atomic E-state index is -0.827. The lowest BCUT2D eigenvalue weighted by Crippen LogP contribution is -2.39. The monoisotopic (exact) mass is 370 g/mol. The molecule has 7 nitrogen and oxygen atoms in total. The number of anilines is 1. The molecule has 0 saturated carbocycles. The molecule has 0 aromatic heterocycles. The summed E-state index contributed by atoms with van der Waals surface area (Å²) in [4.78, 5) is 26.8. The largest absolute Gasteiger partial charge is 0.497 e. The fraction of sp³-hybridized carbons (Fsp3) is 0.222. The van der Waals surface area contributed by atoms with Gasteiger partial charge in [0.15, 0.2) is 12.1 Å². The number of hydrogen-bond donors (Lipinski definition) is 0. The van der Waals surface area contributed by atoms with Crippen LogP contribution in [0.3, 0.4) is 0 Å². The Kier molecular flexibility index (Phi) is 4.08. The van der Waals surface area contributed by atoms with Gasteiger partial charge in [-0.1, -0.05) is 35.0 Å². The Balaban J connectivity index is 1.60. The van der Waals surface area contributed by atoms with Crippen LogP contribution in [0.25, 0.3) is 0 Å². The van der Waals surface area contributed by atoms with Crippen LogP contribution in [-0.2, 0) is 16.1 Å². The van der Waals surface area contributed by atoms with Gasteiger partial charge in [-0.2, -0.15) is 5.11 Å². The highest BCUT2D eigenvalue weighted by Gasteiger charge is 2.54. The van der Waals surface area contributed by atoms with Crippen molar-refractivity contribution in [2.24, 2.45) is 10.3 Å². The third kappa shape index (κ3) is 2.61. The van der Waals surface area contributed by atoms with E-state index in [0.717, 1.165) is 10.5 Å². The second-order valence-corrected chi connectivity index (χ2v) is 6.40. The van der Waals surface area contributed by atoms with E-state index < -0.39 is 12.1 Å². The van der Waals surface area contributed by atoms with Crippen LogP contribution in [-0.4, -0.2) is 36.0 Å². The Bertz CT molecular complexity index is 900. The number of fused-ring (bicyclic) bond motifs is 1. The fourth-order valence-electron chi connectivity index (χ4n) is 3.14. The van der Waals surface area contributed by atoms with E-state index in [4.69, 9.17) is 16.3 Å². The van der Waals surface area contributed by atoms with E-state index in [2.05, 4.69) is 10.3 Å². The van der Waals surface area contributed by atoms with Crippen LogP contribution in [0, 0.1) is 0 Å². The third-order valence-corrected chi connectivity index (χ3v) is 4.85. The first-order chi connectivity index (χ1) is 12.6. The van der Waals surface area contributed by atoms with Gasteiger partial charge in [0.1, 0.15) is 5.75 Å². The van der Waals surface area contributed by atoms with Gasteiger partial charge in [-0.25, -0.2) is 4.90 Å². The van der Waals surface area contributed by atoms with Gasteiger partial charge in [-0.15, -0.1) is 0 Å². The summed E-state index contributed by atoms with van der Waals surface area (Å²) < 4.78 is 5.11. The summed E-state index contributed by atoms with van der Waals surface area (Å²) in [6, 6.07) is 12.5. The highest BCUT2D eigenvalue weighted by atomic mass is 35.5. The summed E-state index contributed by atoms with van der Waals surface area (Å²) in [5.41, 5.74) is 1.31. The Labute approximate surface area is 154 Å². The molecule has 26 heavy (non-hydrogen) atoms. The van der Waals surface area contributed by atoms with Gasteiger partial charge in [0.25, 0.3) is 11.8 Å². The average molecular weight is 371 g/mol. The highest BCUT2D eigenvalue weighted by molar-refractivity contribution is 6.31. The van der Waals surface area contributed by atoms with Crippen LogP contribution in [0.5, 0.6) is 5.75 Å². The predicted molar refractivity (Wildman–Crippen MR) is 94.9 cm³/mol. The third-order valence-electron chi connectivity index (χ3n) is 4.48. The smallest absolute Gasteiger partial charge is 0.263 e. The lowest BCUT2D eigenvalue weighted by atomic mass is 10.1. The van der Waals surface area contributed by atoms with Crippen molar-refractivity contribution < 1.29 is 14.3 Å². The van der Waals surface area contributed by atoms with E-state index in [1.54, 1.807) is 37.4 Å². The first kappa shape index (κ1) is 16.5. The molecule has 0 unspecified atom stereocenters. The van der Waals surface area contributed by atoms with Crippen molar-refractivity contribution in [2.75, 3.05) is 12.0 Å². The molecule has 1 fully saturated rings. The molecule has 0 N–H and O–H groups in total. The average Bonchev–Trinajstić information content (AvgIpc) is 3.17. The second-order valence-electron chi connectivity index (χ2n) is 5.99. The molecule has 4 rings (SSSR count). The number of methoxy groups -OCH3 is 1. The van der Waals surface area contributed by atoms with Crippen LogP contribution in [0.15, 0.2) is 58.9 Å². The van der Waals surface area contributed by atoms with Crippen LogP contribution >= 0.6 is 11.6 Å². The molecule has 132 valence electrons. The van der Waals surface area contributed by atoms with Gasteiger partial charge in [0.05, 0.1) is 19.3 Å². The topological polar surface area (TPSA) is 74.6 Å². The van der Waals surface area contributed by atoms with Crippen molar-refractivity contribution in [2.45, 2.75) is 18.6 Å². The van der Waals surface area contributed by atoms with Crippen molar-refractivity contribution in [3.63, 3.8) is 0 Å². The molecule has 2 atom stereocenters. The quantitative estimate of drug-likeness (QED) is 0.775. The zero-order valence-corrected chi connectivity index (χ0v) is 14.6. The van der Waals surface area contributed by atoms with Crippen LogP contribution in [0.1, 0.15) is 5.56 Å². The fourth-order valence-corrected chi connectivity index (χ4v) is 3.34. The van der Waals surface area contributed by atoms with E-state index in [1.807, 2.05) is 18.2 Å². The van der Waals surface area contributed by atoms with Crippen molar-refractivity contribution in [3.05, 3.63) is 59.1 Å². The molecule has 0 aliphatic carbocycles. The number of amides is 2. The summed E-state index contributed by atoms with van der Waals surface area (Å²) in [6.07, 6.45) is 0. The second kappa shape index (κ2) is 6.42. The summed E-state index contributed by atoms with van der Waals surface area (Å²) in [6.45, 7) is 0.305. The molecule has 0 bridgehead atoms. The Hall–Kier alpha value is -2.93. The van der Waals surface area contributed by atoms with Crippen molar-refractivity contribution >= 4 is 29.1 Å². The number of halogens is 1. The summed E-state index contributed by atoms with van der Waals surface area (Å²) in [5.74, 6) is -0.0779. The molecule has 0 spiro atoms. The number of nitrogens with zero attached hydrogens (tertiary/aromatic N) is 4. The number of carbonyl (C=O) groups excluding carboxylic acids is 2. The van der Waals surface area contributed by atoms with Gasteiger partial charge in [0.2, 0.25) is 0 Å². The van der Waals surface area contributed by atoms with Crippen molar-refractivity contribution in [3.8, 4) is 5.75 Å². The minimum Gasteiger partial charge on any atom is -0.497 e. The molecular formula is C18H15ClN4O3. The van der Waals surface area contributed by atoms with Gasteiger partial charge < -0.3 is 4.74 Å². The lowest BCUT2D eigenvalue weighted by Gasteiger charge is -2.21. The maximum Gasteiger partial charge on any atom is 0.263 e. The van der Waals surface area contributed by atoms with Gasteiger partial charge >= 0.3 is 0 Å². The normalized spacial score (nSPS) is 21.5. The number of ether oxygens (including phenoxy) is 1. The van der Waals surface area contributed by atoms with Crippen LogP contribution < -0.4 is 9.64 Å². The SMILES string of the molecule is COc1ccc(N2C(=O)[C@H]3N=NN(Cc4ccccc4Cl)[C@H]3C2=O)cc1. The maximum absolute atomic E-state index is 12.9.